The van der Waals surface area contributed by atoms with E-state index in [0.717, 1.165) is 0 Å². The first kappa shape index (κ1) is 22.2. The van der Waals surface area contributed by atoms with E-state index < -0.39 is 53.8 Å². The standard InChI is InChI=1S/C22H28O8/c1-10-7-8-15(27-14(5)23)11(2)9-16-17(12(3)20(25)28-16)19(18(10)24)29-21(26)22(6)13(4)30-22/h7,9,13,15-19,24H,3,8H2,1-2,4-6H3/b10-7-,11-9-/t13-,15+,16-,17-,18-,19+,22-/m1/s1. The number of aliphatic hydroxyl groups excluding tert-OH is 1. The van der Waals surface area contributed by atoms with E-state index in [9.17, 15) is 19.5 Å². The summed E-state index contributed by atoms with van der Waals surface area (Å²) in [7, 11) is 0. The van der Waals surface area contributed by atoms with Crippen molar-refractivity contribution >= 4 is 17.9 Å². The molecule has 2 fully saturated rings. The molecule has 3 rings (SSSR count). The van der Waals surface area contributed by atoms with Crippen LogP contribution in [0.15, 0.2) is 35.5 Å². The van der Waals surface area contributed by atoms with Gasteiger partial charge in [0.05, 0.1) is 12.0 Å². The zero-order valence-corrected chi connectivity index (χ0v) is 17.8. The van der Waals surface area contributed by atoms with Crippen molar-refractivity contribution in [1.29, 1.82) is 0 Å². The fourth-order valence-electron chi connectivity index (χ4n) is 3.82. The molecule has 2 aliphatic heterocycles. The van der Waals surface area contributed by atoms with Crippen molar-refractivity contribution in [2.75, 3.05) is 0 Å². The summed E-state index contributed by atoms with van der Waals surface area (Å²) in [6, 6.07) is 0. The van der Waals surface area contributed by atoms with Crippen LogP contribution in [0, 0.1) is 5.92 Å². The summed E-state index contributed by atoms with van der Waals surface area (Å²) < 4.78 is 21.9. The van der Waals surface area contributed by atoms with Crippen LogP contribution in [-0.4, -0.2) is 59.1 Å². The number of rotatable bonds is 3. The molecule has 0 amide bonds. The average molecular weight is 420 g/mol. The van der Waals surface area contributed by atoms with E-state index in [2.05, 4.69) is 6.58 Å². The Kier molecular flexibility index (Phi) is 5.93. The summed E-state index contributed by atoms with van der Waals surface area (Å²) in [6.07, 6.45) is -0.303. The van der Waals surface area contributed by atoms with Gasteiger partial charge in [-0.25, -0.2) is 9.59 Å². The maximum Gasteiger partial charge on any atom is 0.341 e. The number of aliphatic hydroxyl groups is 1. The van der Waals surface area contributed by atoms with Crippen molar-refractivity contribution < 1.29 is 38.4 Å². The first-order valence-electron chi connectivity index (χ1n) is 9.94. The molecule has 3 aliphatic rings. The molecular formula is C22H28O8. The predicted molar refractivity (Wildman–Crippen MR) is 105 cm³/mol. The van der Waals surface area contributed by atoms with Gasteiger partial charge in [0, 0.05) is 18.9 Å². The van der Waals surface area contributed by atoms with Crippen molar-refractivity contribution in [2.45, 2.75) is 77.2 Å². The Morgan fingerprint density at radius 2 is 1.90 bits per heavy atom. The van der Waals surface area contributed by atoms with Crippen LogP contribution in [0.5, 0.6) is 0 Å². The molecule has 0 spiro atoms. The molecule has 1 N–H and O–H groups in total. The highest BCUT2D eigenvalue weighted by Gasteiger charge is 2.59. The first-order valence-corrected chi connectivity index (χ1v) is 9.94. The second kappa shape index (κ2) is 8.00. The maximum atomic E-state index is 12.7. The lowest BCUT2D eigenvalue weighted by atomic mass is 9.83. The molecule has 30 heavy (non-hydrogen) atoms. The van der Waals surface area contributed by atoms with Crippen LogP contribution in [0.1, 0.15) is 41.0 Å². The van der Waals surface area contributed by atoms with Gasteiger partial charge in [0.1, 0.15) is 24.4 Å². The molecule has 0 aromatic carbocycles. The van der Waals surface area contributed by atoms with Gasteiger partial charge in [-0.1, -0.05) is 12.7 Å². The highest BCUT2D eigenvalue weighted by molar-refractivity contribution is 5.91. The molecule has 0 bridgehead atoms. The van der Waals surface area contributed by atoms with Crippen molar-refractivity contribution in [1.82, 2.24) is 0 Å². The average Bonchev–Trinajstić information content (AvgIpc) is 3.19. The third kappa shape index (κ3) is 4.06. The molecule has 8 heteroatoms. The summed E-state index contributed by atoms with van der Waals surface area (Å²) in [6.45, 7) is 11.9. The molecule has 0 aromatic heterocycles. The molecule has 8 nitrogen and oxygen atoms in total. The summed E-state index contributed by atoms with van der Waals surface area (Å²) >= 11 is 0. The first-order chi connectivity index (χ1) is 14.0. The SMILES string of the molecule is C=C1C(=O)O[C@@H]2/C=C(/C)[C@@H](OC(C)=O)C/C=C(/C)[C@@H](O)[C@@H](OC(=O)[C@]3(C)O[C@@H]3C)[C@H]12. The highest BCUT2D eigenvalue weighted by Crippen LogP contribution is 2.41. The van der Waals surface area contributed by atoms with Crippen LogP contribution in [-0.2, 0) is 33.3 Å². The van der Waals surface area contributed by atoms with E-state index >= 15 is 0 Å². The van der Waals surface area contributed by atoms with Gasteiger partial charge in [0.2, 0.25) is 0 Å². The number of hydrogen-bond donors (Lipinski definition) is 1. The molecule has 0 aromatic rings. The van der Waals surface area contributed by atoms with Gasteiger partial charge in [-0.15, -0.1) is 0 Å². The van der Waals surface area contributed by atoms with E-state index in [1.54, 1.807) is 39.8 Å². The van der Waals surface area contributed by atoms with Crippen LogP contribution in [0.25, 0.3) is 0 Å². The maximum absolute atomic E-state index is 12.7. The smallest absolute Gasteiger partial charge is 0.341 e. The number of esters is 3. The van der Waals surface area contributed by atoms with Crippen LogP contribution in [0.2, 0.25) is 0 Å². The zero-order valence-electron chi connectivity index (χ0n) is 17.8. The van der Waals surface area contributed by atoms with Crippen molar-refractivity contribution in [2.24, 2.45) is 5.92 Å². The highest BCUT2D eigenvalue weighted by atomic mass is 16.7. The Labute approximate surface area is 175 Å². The molecule has 0 radical (unpaired) electrons. The van der Waals surface area contributed by atoms with Crippen molar-refractivity contribution in [3.05, 3.63) is 35.5 Å². The molecule has 7 atom stereocenters. The second-order valence-corrected chi connectivity index (χ2v) is 8.30. The fraction of sp³-hybridized carbons (Fsp3) is 0.591. The van der Waals surface area contributed by atoms with Crippen molar-refractivity contribution in [3.63, 3.8) is 0 Å². The molecule has 2 saturated heterocycles. The lowest BCUT2D eigenvalue weighted by Crippen LogP contribution is -2.45. The molecule has 2 heterocycles. The lowest BCUT2D eigenvalue weighted by Gasteiger charge is -2.32. The summed E-state index contributed by atoms with van der Waals surface area (Å²) in [5, 5.41) is 11.0. The Bertz CT molecular complexity index is 840. The normalized spacial score (nSPS) is 42.1. The van der Waals surface area contributed by atoms with Crippen LogP contribution < -0.4 is 0 Å². The third-order valence-corrected chi connectivity index (χ3v) is 6.08. The van der Waals surface area contributed by atoms with Gasteiger partial charge in [-0.05, 0) is 44.9 Å². The Morgan fingerprint density at radius 3 is 2.47 bits per heavy atom. The van der Waals surface area contributed by atoms with Gasteiger partial charge in [-0.3, -0.25) is 4.79 Å². The Hall–Kier alpha value is -2.45. The third-order valence-electron chi connectivity index (χ3n) is 6.08. The molecule has 0 saturated carbocycles. The van der Waals surface area contributed by atoms with Crippen LogP contribution in [0.3, 0.4) is 0 Å². The van der Waals surface area contributed by atoms with Gasteiger partial charge in [0.15, 0.2) is 5.60 Å². The van der Waals surface area contributed by atoms with Gasteiger partial charge >= 0.3 is 17.9 Å². The fourth-order valence-corrected chi connectivity index (χ4v) is 3.82. The molecular weight excluding hydrogens is 392 g/mol. The molecule has 1 aliphatic carbocycles. The monoisotopic (exact) mass is 420 g/mol. The van der Waals surface area contributed by atoms with Gasteiger partial charge in [-0.2, -0.15) is 0 Å². The largest absolute Gasteiger partial charge is 0.458 e. The van der Waals surface area contributed by atoms with Gasteiger partial charge in [0.25, 0.3) is 0 Å². The van der Waals surface area contributed by atoms with Crippen LogP contribution >= 0.6 is 0 Å². The quantitative estimate of drug-likeness (QED) is 0.242. The molecule has 0 unspecified atom stereocenters. The minimum atomic E-state index is -1.21. The Balaban J connectivity index is 2.00. The second-order valence-electron chi connectivity index (χ2n) is 8.30. The minimum Gasteiger partial charge on any atom is -0.458 e. The van der Waals surface area contributed by atoms with Crippen molar-refractivity contribution in [3.8, 4) is 0 Å². The van der Waals surface area contributed by atoms with Gasteiger partial charge < -0.3 is 24.1 Å². The Morgan fingerprint density at radius 1 is 1.27 bits per heavy atom. The number of ether oxygens (including phenoxy) is 4. The van der Waals surface area contributed by atoms with E-state index in [1.165, 1.54) is 6.92 Å². The predicted octanol–water partition coefficient (Wildman–Crippen LogP) is 1.76. The van der Waals surface area contributed by atoms with E-state index in [0.29, 0.717) is 17.6 Å². The van der Waals surface area contributed by atoms with E-state index in [-0.39, 0.29) is 11.7 Å². The summed E-state index contributed by atoms with van der Waals surface area (Å²) in [5.41, 5.74) is 0.215. The minimum absolute atomic E-state index is 0.105. The number of fused-ring (bicyclic) bond motifs is 1. The molecule has 164 valence electrons. The topological polar surface area (TPSA) is 112 Å². The number of carbonyl (C=O) groups excluding carboxylic acids is 3. The zero-order chi connectivity index (χ0) is 22.4. The summed E-state index contributed by atoms with van der Waals surface area (Å²) in [4.78, 5) is 36.5. The summed E-state index contributed by atoms with van der Waals surface area (Å²) in [5.74, 6) is -2.49. The number of epoxide rings is 1. The van der Waals surface area contributed by atoms with Crippen LogP contribution in [0.4, 0.5) is 0 Å². The van der Waals surface area contributed by atoms with E-state index in [4.69, 9.17) is 18.9 Å². The lowest BCUT2D eigenvalue weighted by molar-refractivity contribution is -0.164. The number of carbonyl (C=O) groups is 3. The number of hydrogen-bond acceptors (Lipinski definition) is 8. The van der Waals surface area contributed by atoms with E-state index in [1.807, 2.05) is 0 Å².